The first-order valence-corrected chi connectivity index (χ1v) is 10.0. The Morgan fingerprint density at radius 2 is 1.30 bits per heavy atom. The van der Waals surface area contributed by atoms with E-state index in [0.717, 1.165) is 11.1 Å². The SMILES string of the molecule is NS(=O)(=O)c1ccc(NC(=O)CC(c2ccccc2)c2ccccc2)cc1. The van der Waals surface area contributed by atoms with Crippen LogP contribution in [0.2, 0.25) is 0 Å². The predicted molar refractivity (Wildman–Crippen MR) is 106 cm³/mol. The number of rotatable bonds is 6. The molecule has 3 rings (SSSR count). The van der Waals surface area contributed by atoms with Crippen LogP contribution >= 0.6 is 0 Å². The molecule has 0 aliphatic carbocycles. The van der Waals surface area contributed by atoms with Crippen molar-refractivity contribution in [3.8, 4) is 0 Å². The highest BCUT2D eigenvalue weighted by molar-refractivity contribution is 7.89. The van der Waals surface area contributed by atoms with Crippen molar-refractivity contribution < 1.29 is 13.2 Å². The van der Waals surface area contributed by atoms with E-state index in [-0.39, 0.29) is 23.1 Å². The Morgan fingerprint density at radius 3 is 1.74 bits per heavy atom. The lowest BCUT2D eigenvalue weighted by atomic mass is 9.88. The molecule has 0 radical (unpaired) electrons. The number of nitrogens with two attached hydrogens (primary N) is 1. The van der Waals surface area contributed by atoms with Gasteiger partial charge in [0.1, 0.15) is 0 Å². The molecule has 0 heterocycles. The van der Waals surface area contributed by atoms with Crippen LogP contribution in [0, 0.1) is 0 Å². The highest BCUT2D eigenvalue weighted by Gasteiger charge is 2.18. The Kier molecular flexibility index (Phi) is 5.69. The second-order valence-electron chi connectivity index (χ2n) is 6.20. The summed E-state index contributed by atoms with van der Waals surface area (Å²) in [5, 5.41) is 7.90. The summed E-state index contributed by atoms with van der Waals surface area (Å²) in [7, 11) is -3.75. The van der Waals surface area contributed by atoms with Crippen LogP contribution in [-0.4, -0.2) is 14.3 Å². The maximum Gasteiger partial charge on any atom is 0.238 e. The van der Waals surface area contributed by atoms with Crippen molar-refractivity contribution in [2.45, 2.75) is 17.2 Å². The summed E-state index contributed by atoms with van der Waals surface area (Å²) >= 11 is 0. The average Bonchev–Trinajstić information content (AvgIpc) is 2.67. The summed E-state index contributed by atoms with van der Waals surface area (Å²) in [6.07, 6.45) is 0.269. The number of amides is 1. The molecular formula is C21H20N2O3S. The summed E-state index contributed by atoms with van der Waals surface area (Å²) in [5.41, 5.74) is 2.64. The Morgan fingerprint density at radius 1 is 0.815 bits per heavy atom. The number of nitrogens with one attached hydrogen (secondary N) is 1. The minimum atomic E-state index is -3.75. The third kappa shape index (κ3) is 5.03. The molecule has 1 amide bonds. The maximum absolute atomic E-state index is 12.6. The Hall–Kier alpha value is -2.96. The van der Waals surface area contributed by atoms with Gasteiger partial charge in [-0.05, 0) is 35.4 Å². The zero-order valence-corrected chi connectivity index (χ0v) is 15.4. The van der Waals surface area contributed by atoms with Gasteiger partial charge in [0, 0.05) is 18.0 Å². The molecule has 0 unspecified atom stereocenters. The average molecular weight is 380 g/mol. The van der Waals surface area contributed by atoms with E-state index in [2.05, 4.69) is 5.32 Å². The number of benzene rings is 3. The Labute approximate surface area is 158 Å². The van der Waals surface area contributed by atoms with Gasteiger partial charge < -0.3 is 5.32 Å². The molecule has 0 aliphatic rings. The number of carbonyl (C=O) groups excluding carboxylic acids is 1. The third-order valence-electron chi connectivity index (χ3n) is 4.26. The van der Waals surface area contributed by atoms with Gasteiger partial charge in [0.25, 0.3) is 0 Å². The summed E-state index contributed by atoms with van der Waals surface area (Å²) < 4.78 is 22.6. The quantitative estimate of drug-likeness (QED) is 0.686. The van der Waals surface area contributed by atoms with Gasteiger partial charge in [-0.3, -0.25) is 4.79 Å². The van der Waals surface area contributed by atoms with E-state index in [1.807, 2.05) is 60.7 Å². The molecule has 0 spiro atoms. The molecule has 5 nitrogen and oxygen atoms in total. The largest absolute Gasteiger partial charge is 0.326 e. The maximum atomic E-state index is 12.6. The van der Waals surface area contributed by atoms with Gasteiger partial charge in [-0.25, -0.2) is 13.6 Å². The molecule has 0 saturated carbocycles. The fourth-order valence-corrected chi connectivity index (χ4v) is 3.44. The molecule has 6 heteroatoms. The van der Waals surface area contributed by atoms with Crippen molar-refractivity contribution >= 4 is 21.6 Å². The fraction of sp³-hybridized carbons (Fsp3) is 0.0952. The first-order valence-electron chi connectivity index (χ1n) is 8.46. The highest BCUT2D eigenvalue weighted by Crippen LogP contribution is 2.28. The number of primary sulfonamides is 1. The van der Waals surface area contributed by atoms with E-state index in [1.165, 1.54) is 24.3 Å². The lowest BCUT2D eigenvalue weighted by molar-refractivity contribution is -0.116. The second kappa shape index (κ2) is 8.16. The Balaban J connectivity index is 1.77. The van der Waals surface area contributed by atoms with Crippen molar-refractivity contribution in [2.24, 2.45) is 5.14 Å². The zero-order chi connectivity index (χ0) is 19.3. The lowest BCUT2D eigenvalue weighted by Crippen LogP contribution is -2.17. The Bertz CT molecular complexity index is 963. The van der Waals surface area contributed by atoms with E-state index in [0.29, 0.717) is 5.69 Å². The molecule has 3 aromatic carbocycles. The highest BCUT2D eigenvalue weighted by atomic mass is 32.2. The second-order valence-corrected chi connectivity index (χ2v) is 7.76. The van der Waals surface area contributed by atoms with Gasteiger partial charge in [0.05, 0.1) is 4.90 Å². The van der Waals surface area contributed by atoms with Gasteiger partial charge in [-0.15, -0.1) is 0 Å². The van der Waals surface area contributed by atoms with Crippen molar-refractivity contribution in [1.82, 2.24) is 0 Å². The predicted octanol–water partition coefficient (Wildman–Crippen LogP) is 3.49. The topological polar surface area (TPSA) is 89.3 Å². The van der Waals surface area contributed by atoms with E-state index < -0.39 is 10.0 Å². The van der Waals surface area contributed by atoms with Crippen LogP contribution in [0.4, 0.5) is 5.69 Å². The lowest BCUT2D eigenvalue weighted by Gasteiger charge is -2.18. The minimum absolute atomic E-state index is 0.00643. The number of hydrogen-bond donors (Lipinski definition) is 2. The molecule has 138 valence electrons. The molecule has 3 N–H and O–H groups in total. The van der Waals surface area contributed by atoms with Crippen LogP contribution in [0.25, 0.3) is 0 Å². The van der Waals surface area contributed by atoms with Gasteiger partial charge in [0.15, 0.2) is 0 Å². The molecule has 27 heavy (non-hydrogen) atoms. The van der Waals surface area contributed by atoms with Crippen molar-refractivity contribution in [3.63, 3.8) is 0 Å². The van der Waals surface area contributed by atoms with Crippen LogP contribution in [0.3, 0.4) is 0 Å². The van der Waals surface area contributed by atoms with Crippen LogP contribution in [0.15, 0.2) is 89.8 Å². The summed E-state index contributed by atoms with van der Waals surface area (Å²) in [5.74, 6) is -0.229. The number of anilines is 1. The van der Waals surface area contributed by atoms with Crippen LogP contribution in [0.5, 0.6) is 0 Å². The standard InChI is InChI=1S/C21H20N2O3S/c22-27(25,26)19-13-11-18(12-14-19)23-21(24)15-20(16-7-3-1-4-8-16)17-9-5-2-6-10-17/h1-14,20H,15H2,(H,23,24)(H2,22,25,26). The normalized spacial score (nSPS) is 11.3. The van der Waals surface area contributed by atoms with Gasteiger partial charge in [0.2, 0.25) is 15.9 Å². The van der Waals surface area contributed by atoms with Gasteiger partial charge in [-0.1, -0.05) is 60.7 Å². The van der Waals surface area contributed by atoms with E-state index in [4.69, 9.17) is 5.14 Å². The van der Waals surface area contributed by atoms with Crippen molar-refractivity contribution in [2.75, 3.05) is 5.32 Å². The fourth-order valence-electron chi connectivity index (χ4n) is 2.92. The van der Waals surface area contributed by atoms with Crippen LogP contribution in [-0.2, 0) is 14.8 Å². The van der Waals surface area contributed by atoms with Crippen LogP contribution in [0.1, 0.15) is 23.5 Å². The van der Waals surface area contributed by atoms with Crippen molar-refractivity contribution in [1.29, 1.82) is 0 Å². The molecule has 0 saturated heterocycles. The molecule has 0 aliphatic heterocycles. The van der Waals surface area contributed by atoms with E-state index >= 15 is 0 Å². The first kappa shape index (κ1) is 18.8. The molecule has 3 aromatic rings. The zero-order valence-electron chi connectivity index (χ0n) is 14.6. The summed E-state index contributed by atoms with van der Waals surface area (Å²) in [4.78, 5) is 12.6. The monoisotopic (exact) mass is 380 g/mol. The molecular weight excluding hydrogens is 360 g/mol. The third-order valence-corrected chi connectivity index (χ3v) is 5.19. The number of hydrogen-bond acceptors (Lipinski definition) is 3. The molecule has 0 bridgehead atoms. The number of carbonyl (C=O) groups is 1. The molecule has 0 fully saturated rings. The van der Waals surface area contributed by atoms with Gasteiger partial charge >= 0.3 is 0 Å². The minimum Gasteiger partial charge on any atom is -0.326 e. The number of sulfonamides is 1. The van der Waals surface area contributed by atoms with Crippen LogP contribution < -0.4 is 10.5 Å². The molecule has 0 aromatic heterocycles. The van der Waals surface area contributed by atoms with E-state index in [9.17, 15) is 13.2 Å². The summed E-state index contributed by atoms with van der Waals surface area (Å²) in [6.45, 7) is 0. The summed E-state index contributed by atoms with van der Waals surface area (Å²) in [6, 6.07) is 25.5. The van der Waals surface area contributed by atoms with Gasteiger partial charge in [-0.2, -0.15) is 0 Å². The van der Waals surface area contributed by atoms with E-state index in [1.54, 1.807) is 0 Å². The molecule has 0 atom stereocenters. The first-order chi connectivity index (χ1) is 12.9. The van der Waals surface area contributed by atoms with Crippen molar-refractivity contribution in [3.05, 3.63) is 96.1 Å². The smallest absolute Gasteiger partial charge is 0.238 e.